The van der Waals surface area contributed by atoms with Crippen molar-refractivity contribution in [1.82, 2.24) is 14.8 Å². The molecule has 0 unspecified atom stereocenters. The molecule has 0 amide bonds. The minimum Gasteiger partial charge on any atom is -0.304 e. The fraction of sp³-hybridized carbons (Fsp3) is 0.385. The Balaban J connectivity index is 2.74. The molecule has 0 saturated heterocycles. The van der Waals surface area contributed by atoms with E-state index in [1.165, 1.54) is 6.07 Å². The summed E-state index contributed by atoms with van der Waals surface area (Å²) in [6.45, 7) is 5.93. The lowest BCUT2D eigenvalue weighted by atomic mass is 10.1. The van der Waals surface area contributed by atoms with Gasteiger partial charge in [-0.2, -0.15) is 0 Å². The zero-order chi connectivity index (χ0) is 14.2. The Bertz CT molecular complexity index is 582. The van der Waals surface area contributed by atoms with E-state index in [0.717, 1.165) is 0 Å². The first kappa shape index (κ1) is 14.3. The summed E-state index contributed by atoms with van der Waals surface area (Å²) in [7, 11) is 0. The summed E-state index contributed by atoms with van der Waals surface area (Å²) in [6.07, 6.45) is 0. The molecule has 0 saturated carbocycles. The molecule has 0 fully saturated rings. The quantitative estimate of drug-likeness (QED) is 0.777. The van der Waals surface area contributed by atoms with E-state index in [0.29, 0.717) is 16.7 Å². The average molecular weight is 302 g/mol. The lowest BCUT2D eigenvalue weighted by Gasteiger charge is -2.25. The van der Waals surface area contributed by atoms with Crippen LogP contribution in [0.2, 0.25) is 5.02 Å². The molecule has 0 aliphatic heterocycles. The predicted molar refractivity (Wildman–Crippen MR) is 75.0 cm³/mol. The van der Waals surface area contributed by atoms with Crippen LogP contribution in [0.3, 0.4) is 0 Å². The summed E-state index contributed by atoms with van der Waals surface area (Å²) in [5, 5.41) is 8.37. The highest BCUT2D eigenvalue weighted by molar-refractivity contribution is 6.33. The summed E-state index contributed by atoms with van der Waals surface area (Å²) >= 11 is 12.0. The first-order chi connectivity index (χ1) is 8.86. The Labute approximate surface area is 121 Å². The molecule has 1 aromatic carbocycles. The fourth-order valence-electron chi connectivity index (χ4n) is 1.98. The second-order valence-electron chi connectivity index (χ2n) is 5.18. The van der Waals surface area contributed by atoms with Crippen molar-refractivity contribution in [1.29, 1.82) is 0 Å². The number of aromatic nitrogens is 3. The molecule has 0 aliphatic carbocycles. The minimum absolute atomic E-state index is 0.205. The second kappa shape index (κ2) is 5.10. The number of hydrogen-bond donors (Lipinski definition) is 0. The van der Waals surface area contributed by atoms with Crippen LogP contribution in [-0.4, -0.2) is 14.8 Å². The molecule has 3 nitrogen and oxygen atoms in total. The summed E-state index contributed by atoms with van der Waals surface area (Å²) in [5.41, 5.74) is -0.0720. The topological polar surface area (TPSA) is 30.7 Å². The van der Waals surface area contributed by atoms with Gasteiger partial charge in [0.25, 0.3) is 0 Å². The van der Waals surface area contributed by atoms with Gasteiger partial charge < -0.3 is 4.57 Å². The van der Waals surface area contributed by atoms with Crippen molar-refractivity contribution < 1.29 is 4.39 Å². The summed E-state index contributed by atoms with van der Waals surface area (Å²) < 4.78 is 15.8. The van der Waals surface area contributed by atoms with Gasteiger partial charge in [0.1, 0.15) is 11.6 Å². The Kier molecular flexibility index (Phi) is 3.83. The maximum Gasteiger partial charge on any atom is 0.168 e. The highest BCUT2D eigenvalue weighted by atomic mass is 35.5. The van der Waals surface area contributed by atoms with Gasteiger partial charge >= 0.3 is 0 Å². The molecular formula is C13H14Cl2FN3. The molecule has 0 N–H and O–H groups in total. The molecule has 2 aromatic rings. The van der Waals surface area contributed by atoms with E-state index in [1.54, 1.807) is 12.1 Å². The third kappa shape index (κ3) is 2.60. The van der Waals surface area contributed by atoms with Gasteiger partial charge in [0.05, 0.1) is 16.5 Å². The SMILES string of the molecule is CC(C)(C)n1c(CCl)nnc1-c1c(F)cccc1Cl. The van der Waals surface area contributed by atoms with E-state index in [2.05, 4.69) is 10.2 Å². The second-order valence-corrected chi connectivity index (χ2v) is 5.85. The Morgan fingerprint density at radius 3 is 2.47 bits per heavy atom. The van der Waals surface area contributed by atoms with E-state index in [1.807, 2.05) is 25.3 Å². The van der Waals surface area contributed by atoms with Gasteiger partial charge in [0, 0.05) is 5.54 Å². The van der Waals surface area contributed by atoms with Gasteiger partial charge in [-0.15, -0.1) is 21.8 Å². The molecule has 102 valence electrons. The van der Waals surface area contributed by atoms with E-state index in [4.69, 9.17) is 23.2 Å². The number of rotatable bonds is 2. The summed E-state index contributed by atoms with van der Waals surface area (Å²) in [5.74, 6) is 0.761. The van der Waals surface area contributed by atoms with Crippen molar-refractivity contribution in [2.75, 3.05) is 0 Å². The molecule has 2 rings (SSSR count). The largest absolute Gasteiger partial charge is 0.304 e. The van der Waals surface area contributed by atoms with Gasteiger partial charge in [-0.05, 0) is 32.9 Å². The van der Waals surface area contributed by atoms with Crippen LogP contribution in [0.1, 0.15) is 26.6 Å². The highest BCUT2D eigenvalue weighted by Gasteiger charge is 2.26. The molecule has 1 aromatic heterocycles. The number of benzene rings is 1. The molecule has 19 heavy (non-hydrogen) atoms. The van der Waals surface area contributed by atoms with E-state index in [-0.39, 0.29) is 17.0 Å². The number of hydrogen-bond acceptors (Lipinski definition) is 2. The predicted octanol–water partition coefficient (Wildman–Crippen LogP) is 4.23. The summed E-state index contributed by atoms with van der Waals surface area (Å²) in [4.78, 5) is 0. The molecular weight excluding hydrogens is 288 g/mol. The standard InChI is InChI=1S/C13H14Cl2FN3/c1-13(2,3)19-10(7-14)17-18-12(19)11-8(15)5-4-6-9(11)16/h4-6H,7H2,1-3H3. The van der Waals surface area contributed by atoms with Gasteiger partial charge in [-0.3, -0.25) is 0 Å². The normalized spacial score (nSPS) is 11.9. The lowest BCUT2D eigenvalue weighted by Crippen LogP contribution is -2.25. The van der Waals surface area contributed by atoms with Crippen molar-refractivity contribution in [3.63, 3.8) is 0 Å². The van der Waals surface area contributed by atoms with Crippen molar-refractivity contribution in [3.8, 4) is 11.4 Å². The van der Waals surface area contributed by atoms with Gasteiger partial charge in [0.15, 0.2) is 5.82 Å². The van der Waals surface area contributed by atoms with E-state index in [9.17, 15) is 4.39 Å². The molecule has 6 heteroatoms. The summed E-state index contributed by atoms with van der Waals surface area (Å²) in [6, 6.07) is 4.53. The van der Waals surface area contributed by atoms with Crippen LogP contribution in [0, 0.1) is 5.82 Å². The Hall–Kier alpha value is -1.13. The Morgan fingerprint density at radius 1 is 1.26 bits per heavy atom. The maximum absolute atomic E-state index is 14.0. The third-order valence-electron chi connectivity index (χ3n) is 2.71. The zero-order valence-corrected chi connectivity index (χ0v) is 12.4. The average Bonchev–Trinajstić information content (AvgIpc) is 2.72. The number of nitrogens with zero attached hydrogens (tertiary/aromatic N) is 3. The molecule has 0 atom stereocenters. The monoisotopic (exact) mass is 301 g/mol. The van der Waals surface area contributed by atoms with Crippen LogP contribution in [0.25, 0.3) is 11.4 Å². The van der Waals surface area contributed by atoms with E-state index >= 15 is 0 Å². The molecule has 1 heterocycles. The highest BCUT2D eigenvalue weighted by Crippen LogP contribution is 2.33. The lowest BCUT2D eigenvalue weighted by molar-refractivity contribution is 0.389. The third-order valence-corrected chi connectivity index (χ3v) is 3.26. The van der Waals surface area contributed by atoms with Gasteiger partial charge in [-0.25, -0.2) is 4.39 Å². The van der Waals surface area contributed by atoms with Crippen LogP contribution < -0.4 is 0 Å². The fourth-order valence-corrected chi connectivity index (χ4v) is 2.40. The number of halogens is 3. The molecule has 0 spiro atoms. The van der Waals surface area contributed by atoms with Crippen molar-refractivity contribution in [2.45, 2.75) is 32.2 Å². The first-order valence-corrected chi connectivity index (χ1v) is 6.72. The zero-order valence-electron chi connectivity index (χ0n) is 10.9. The molecule has 0 aliphatic rings. The van der Waals surface area contributed by atoms with Crippen LogP contribution >= 0.6 is 23.2 Å². The van der Waals surface area contributed by atoms with E-state index < -0.39 is 5.82 Å². The Morgan fingerprint density at radius 2 is 1.95 bits per heavy atom. The van der Waals surface area contributed by atoms with Crippen LogP contribution in [0.15, 0.2) is 18.2 Å². The minimum atomic E-state index is -0.425. The van der Waals surface area contributed by atoms with Gasteiger partial charge in [-0.1, -0.05) is 17.7 Å². The van der Waals surface area contributed by atoms with Crippen LogP contribution in [-0.2, 0) is 11.4 Å². The maximum atomic E-state index is 14.0. The van der Waals surface area contributed by atoms with Crippen molar-refractivity contribution in [3.05, 3.63) is 34.9 Å². The van der Waals surface area contributed by atoms with Crippen molar-refractivity contribution in [2.24, 2.45) is 0 Å². The van der Waals surface area contributed by atoms with Crippen LogP contribution in [0.5, 0.6) is 0 Å². The smallest absolute Gasteiger partial charge is 0.168 e. The molecule has 0 bridgehead atoms. The van der Waals surface area contributed by atoms with Crippen LogP contribution in [0.4, 0.5) is 4.39 Å². The van der Waals surface area contributed by atoms with Gasteiger partial charge in [0.2, 0.25) is 0 Å². The molecule has 0 radical (unpaired) electrons. The number of alkyl halides is 1. The first-order valence-electron chi connectivity index (χ1n) is 5.81. The van der Waals surface area contributed by atoms with Crippen molar-refractivity contribution >= 4 is 23.2 Å².